The number of hydrogen-bond acceptors (Lipinski definition) is 4. The topological polar surface area (TPSA) is 92.5 Å². The lowest BCUT2D eigenvalue weighted by Crippen LogP contribution is -2.48. The Morgan fingerprint density at radius 2 is 1.75 bits per heavy atom. The molecule has 112 valence electrons. The molecular weight excluding hydrogens is 278 g/mol. The minimum absolute atomic E-state index is 0.106. The van der Waals surface area contributed by atoms with E-state index in [0.29, 0.717) is 5.56 Å². The molecule has 0 aliphatic heterocycles. The van der Waals surface area contributed by atoms with Gasteiger partial charge in [-0.1, -0.05) is 0 Å². The van der Waals surface area contributed by atoms with E-state index in [4.69, 9.17) is 5.73 Å². The van der Waals surface area contributed by atoms with Crippen LogP contribution in [0.3, 0.4) is 0 Å². The molecule has 0 aliphatic carbocycles. The van der Waals surface area contributed by atoms with Gasteiger partial charge < -0.3 is 10.6 Å². The highest BCUT2D eigenvalue weighted by Crippen LogP contribution is 2.14. The maximum absolute atomic E-state index is 12.2. The van der Waals surface area contributed by atoms with E-state index in [1.165, 1.54) is 29.2 Å². The van der Waals surface area contributed by atoms with Crippen LogP contribution in [0.4, 0.5) is 0 Å². The number of nitrogens with two attached hydrogens (primary N) is 1. The summed E-state index contributed by atoms with van der Waals surface area (Å²) in [5, 5.41) is 0. The molecule has 0 saturated heterocycles. The molecule has 1 amide bonds. The molecule has 0 bridgehead atoms. The van der Waals surface area contributed by atoms with Gasteiger partial charge in [0.15, 0.2) is 0 Å². The van der Waals surface area contributed by atoms with Crippen molar-refractivity contribution in [3.63, 3.8) is 0 Å². The molecule has 0 spiro atoms. The van der Waals surface area contributed by atoms with Crippen LogP contribution in [0.1, 0.15) is 24.2 Å². The third-order valence-corrected chi connectivity index (χ3v) is 4.45. The first-order chi connectivity index (χ1) is 9.09. The van der Waals surface area contributed by atoms with Gasteiger partial charge in [0.05, 0.1) is 4.90 Å². The van der Waals surface area contributed by atoms with Crippen molar-refractivity contribution in [2.24, 2.45) is 5.73 Å². The Kier molecular flexibility index (Phi) is 4.90. The minimum atomic E-state index is -3.65. The molecule has 3 N–H and O–H groups in total. The van der Waals surface area contributed by atoms with E-state index in [1.54, 1.807) is 27.9 Å². The normalized spacial score (nSPS) is 12.2. The van der Waals surface area contributed by atoms with Gasteiger partial charge >= 0.3 is 0 Å². The molecule has 1 aromatic carbocycles. The van der Waals surface area contributed by atoms with Crippen molar-refractivity contribution in [1.82, 2.24) is 9.62 Å². The zero-order valence-electron chi connectivity index (χ0n) is 12.2. The summed E-state index contributed by atoms with van der Waals surface area (Å²) in [6.45, 7) is 3.59. The van der Waals surface area contributed by atoms with Gasteiger partial charge in [0.25, 0.3) is 5.91 Å². The average Bonchev–Trinajstić information content (AvgIpc) is 2.36. The maximum atomic E-state index is 12.2. The van der Waals surface area contributed by atoms with Gasteiger partial charge in [-0.15, -0.1) is 0 Å². The zero-order valence-corrected chi connectivity index (χ0v) is 13.0. The molecule has 1 aromatic rings. The Balaban J connectivity index is 3.02. The third-order valence-electron chi connectivity index (χ3n) is 2.74. The Morgan fingerprint density at radius 1 is 1.25 bits per heavy atom. The van der Waals surface area contributed by atoms with Crippen molar-refractivity contribution in [1.29, 1.82) is 0 Å². The number of amides is 1. The zero-order chi connectivity index (χ0) is 15.6. The summed E-state index contributed by atoms with van der Waals surface area (Å²) in [4.78, 5) is 13.3. The van der Waals surface area contributed by atoms with Gasteiger partial charge in [-0.2, -0.15) is 0 Å². The summed E-state index contributed by atoms with van der Waals surface area (Å²) in [6.07, 6.45) is 0. The summed E-state index contributed by atoms with van der Waals surface area (Å²) in [5.74, 6) is -0.177. The molecule has 6 nitrogen and oxygen atoms in total. The second-order valence-electron chi connectivity index (χ2n) is 5.42. The van der Waals surface area contributed by atoms with Crippen LogP contribution in [0, 0.1) is 0 Å². The number of carbonyl (C=O) groups is 1. The van der Waals surface area contributed by atoms with E-state index in [0.717, 1.165) is 0 Å². The van der Waals surface area contributed by atoms with Crippen LogP contribution >= 0.6 is 0 Å². The quantitative estimate of drug-likeness (QED) is 0.823. The Morgan fingerprint density at radius 3 is 2.15 bits per heavy atom. The number of sulfonamides is 1. The maximum Gasteiger partial charge on any atom is 0.253 e. The van der Waals surface area contributed by atoms with Crippen molar-refractivity contribution in [2.45, 2.75) is 24.3 Å². The third kappa shape index (κ3) is 4.03. The van der Waals surface area contributed by atoms with E-state index in [1.807, 2.05) is 0 Å². The van der Waals surface area contributed by atoms with Gasteiger partial charge in [0.1, 0.15) is 0 Å². The van der Waals surface area contributed by atoms with Crippen molar-refractivity contribution < 1.29 is 13.2 Å². The fraction of sp³-hybridized carbons (Fsp3) is 0.462. The number of nitrogens with zero attached hydrogens (tertiary/aromatic N) is 1. The first-order valence-electron chi connectivity index (χ1n) is 6.15. The van der Waals surface area contributed by atoms with Gasteiger partial charge in [-0.05, 0) is 38.1 Å². The first kappa shape index (κ1) is 16.6. The lowest BCUT2D eigenvalue weighted by Gasteiger charge is -2.23. The Hall–Kier alpha value is -1.44. The van der Waals surface area contributed by atoms with E-state index in [-0.39, 0.29) is 17.3 Å². The van der Waals surface area contributed by atoms with Crippen LogP contribution < -0.4 is 10.5 Å². The van der Waals surface area contributed by atoms with E-state index in [2.05, 4.69) is 4.72 Å². The highest BCUT2D eigenvalue weighted by atomic mass is 32.2. The molecule has 1 rings (SSSR count). The molecule has 0 atom stereocenters. The minimum Gasteiger partial charge on any atom is -0.345 e. The number of rotatable bonds is 5. The van der Waals surface area contributed by atoms with Gasteiger partial charge in [-0.3, -0.25) is 4.79 Å². The number of benzene rings is 1. The molecule has 0 heterocycles. The van der Waals surface area contributed by atoms with Gasteiger partial charge in [-0.25, -0.2) is 13.1 Å². The second-order valence-corrected chi connectivity index (χ2v) is 7.10. The highest BCUT2D eigenvalue weighted by molar-refractivity contribution is 7.89. The summed E-state index contributed by atoms with van der Waals surface area (Å²) < 4.78 is 26.8. The van der Waals surface area contributed by atoms with Gasteiger partial charge in [0, 0.05) is 31.7 Å². The average molecular weight is 299 g/mol. The summed E-state index contributed by atoms with van der Waals surface area (Å²) >= 11 is 0. The van der Waals surface area contributed by atoms with Crippen LogP contribution in [-0.4, -0.2) is 45.4 Å². The fourth-order valence-electron chi connectivity index (χ4n) is 1.50. The molecule has 7 heteroatoms. The second kappa shape index (κ2) is 5.90. The van der Waals surface area contributed by atoms with E-state index in [9.17, 15) is 13.2 Å². The molecule has 0 radical (unpaired) electrons. The van der Waals surface area contributed by atoms with Crippen molar-refractivity contribution in [3.05, 3.63) is 29.8 Å². The van der Waals surface area contributed by atoms with Crippen LogP contribution in [0.5, 0.6) is 0 Å². The summed E-state index contributed by atoms with van der Waals surface area (Å²) in [6, 6.07) is 5.80. The molecule has 0 aliphatic rings. The molecule has 0 unspecified atom stereocenters. The first-order valence-corrected chi connectivity index (χ1v) is 7.63. The fourth-order valence-corrected chi connectivity index (χ4v) is 2.92. The van der Waals surface area contributed by atoms with Crippen molar-refractivity contribution >= 4 is 15.9 Å². The highest BCUT2D eigenvalue weighted by Gasteiger charge is 2.25. The smallest absolute Gasteiger partial charge is 0.253 e. The SMILES string of the molecule is CN(C)C(=O)c1ccc(S(=O)(=O)NC(C)(C)CN)cc1. The number of hydrogen-bond donors (Lipinski definition) is 2. The lowest BCUT2D eigenvalue weighted by atomic mass is 10.1. The van der Waals surface area contributed by atoms with Crippen LogP contribution in [-0.2, 0) is 10.0 Å². The largest absolute Gasteiger partial charge is 0.345 e. The molecular formula is C13H21N3O3S. The molecule has 0 aromatic heterocycles. The van der Waals surface area contributed by atoms with Crippen LogP contribution in [0.25, 0.3) is 0 Å². The van der Waals surface area contributed by atoms with Gasteiger partial charge in [0.2, 0.25) is 10.0 Å². The predicted octanol–water partition coefficient (Wildman–Crippen LogP) is 0.404. The standard InChI is InChI=1S/C13H21N3O3S/c1-13(2,9-14)15-20(18,19)11-7-5-10(6-8-11)12(17)16(3)4/h5-8,15H,9,14H2,1-4H3. The van der Waals surface area contributed by atoms with E-state index < -0.39 is 15.6 Å². The summed E-state index contributed by atoms with van der Waals surface area (Å²) in [5.41, 5.74) is 5.22. The van der Waals surface area contributed by atoms with Crippen LogP contribution in [0.2, 0.25) is 0 Å². The van der Waals surface area contributed by atoms with E-state index >= 15 is 0 Å². The Bertz CT molecular complexity index is 577. The van der Waals surface area contributed by atoms with Crippen LogP contribution in [0.15, 0.2) is 29.2 Å². The lowest BCUT2D eigenvalue weighted by molar-refractivity contribution is 0.0827. The predicted molar refractivity (Wildman–Crippen MR) is 77.9 cm³/mol. The molecule has 0 fully saturated rings. The number of nitrogens with one attached hydrogen (secondary N) is 1. The number of carbonyl (C=O) groups excluding carboxylic acids is 1. The monoisotopic (exact) mass is 299 g/mol. The molecule has 0 saturated carbocycles. The summed E-state index contributed by atoms with van der Waals surface area (Å²) in [7, 11) is -0.373. The van der Waals surface area contributed by atoms with Crippen molar-refractivity contribution in [3.8, 4) is 0 Å². The Labute approximate surface area is 120 Å². The molecule has 20 heavy (non-hydrogen) atoms. The van der Waals surface area contributed by atoms with Crippen molar-refractivity contribution in [2.75, 3.05) is 20.6 Å².